The molecule has 1 aromatic rings. The summed E-state index contributed by atoms with van der Waals surface area (Å²) in [6.45, 7) is 8.99. The number of esters is 1. The lowest BCUT2D eigenvalue weighted by Crippen LogP contribution is -2.67. The molecule has 3 aliphatic rings. The summed E-state index contributed by atoms with van der Waals surface area (Å²) in [5.74, 6) is -1.36. The van der Waals surface area contributed by atoms with Gasteiger partial charge in [-0.2, -0.15) is 0 Å². The summed E-state index contributed by atoms with van der Waals surface area (Å²) in [5, 5.41) is 7.99. The van der Waals surface area contributed by atoms with Crippen LogP contribution in [0.3, 0.4) is 0 Å². The summed E-state index contributed by atoms with van der Waals surface area (Å²) in [6, 6.07) is 7.92. The molecule has 4 rings (SSSR count). The number of carbonyl (C=O) groups is 1. The van der Waals surface area contributed by atoms with Crippen LogP contribution in [-0.4, -0.2) is 17.0 Å². The second kappa shape index (κ2) is 14.0. The highest BCUT2D eigenvalue weighted by Crippen LogP contribution is 2.41. The zero-order valence-electron chi connectivity index (χ0n) is 25.5. The monoisotopic (exact) mass is 544 g/mol. The summed E-state index contributed by atoms with van der Waals surface area (Å²) in [6.07, 6.45) is 29.4. The molecule has 2 N–H and O–H groups in total. The molecule has 0 saturated carbocycles. The highest BCUT2D eigenvalue weighted by Gasteiger charge is 2.53. The molecule has 0 spiro atoms. The lowest BCUT2D eigenvalue weighted by Gasteiger charge is -2.47. The third-order valence-electron chi connectivity index (χ3n) is 8.90. The van der Waals surface area contributed by atoms with Crippen molar-refractivity contribution in [3.8, 4) is 0 Å². The van der Waals surface area contributed by atoms with Crippen molar-refractivity contribution in [3.05, 3.63) is 83.0 Å². The molecule has 4 nitrogen and oxygen atoms in total. The normalized spacial score (nSPS) is 27.4. The summed E-state index contributed by atoms with van der Waals surface area (Å²) in [5.41, 5.74) is 3.78. The number of ether oxygens (including phenoxy) is 1. The maximum Gasteiger partial charge on any atom is 0.341 e. The average molecular weight is 545 g/mol. The zero-order valence-corrected chi connectivity index (χ0v) is 25.5. The van der Waals surface area contributed by atoms with Crippen LogP contribution in [-0.2, 0) is 10.6 Å². The maximum atomic E-state index is 13.4. The first-order valence-corrected chi connectivity index (χ1v) is 16.1. The first-order chi connectivity index (χ1) is 19.4. The lowest BCUT2D eigenvalue weighted by atomic mass is 9.80. The predicted molar refractivity (Wildman–Crippen MR) is 167 cm³/mol. The van der Waals surface area contributed by atoms with Crippen LogP contribution in [0.15, 0.2) is 71.9 Å². The fraction of sp³-hybridized carbons (Fsp3) is 0.583. The fourth-order valence-corrected chi connectivity index (χ4v) is 6.37. The van der Waals surface area contributed by atoms with Crippen molar-refractivity contribution in [1.82, 2.24) is 10.6 Å². The molecule has 0 aromatic heterocycles. The SMILES string of the molecule is CCCCC1=CCC(CCCC)(NC2(NC3(CCCC)C=CC(CCCC)=CC3)OC(=O)c3ccccc32)C=C1. The van der Waals surface area contributed by atoms with Crippen LogP contribution in [0.4, 0.5) is 0 Å². The van der Waals surface area contributed by atoms with Gasteiger partial charge in [0.2, 0.25) is 0 Å². The van der Waals surface area contributed by atoms with Gasteiger partial charge in [0.25, 0.3) is 5.85 Å². The van der Waals surface area contributed by atoms with Crippen LogP contribution in [0.2, 0.25) is 0 Å². The number of benzene rings is 1. The van der Waals surface area contributed by atoms with E-state index in [9.17, 15) is 4.79 Å². The quantitative estimate of drug-likeness (QED) is 0.161. The summed E-state index contributed by atoms with van der Waals surface area (Å²) in [4.78, 5) is 13.4. The number of rotatable bonds is 16. The van der Waals surface area contributed by atoms with Crippen molar-refractivity contribution >= 4 is 5.97 Å². The van der Waals surface area contributed by atoms with Crippen LogP contribution in [0.25, 0.3) is 0 Å². The fourth-order valence-electron chi connectivity index (χ4n) is 6.37. The molecule has 0 amide bonds. The number of cyclic esters (lactones) is 1. The Morgan fingerprint density at radius 2 is 1.23 bits per heavy atom. The molecular formula is C36H52N2O2. The molecule has 1 aromatic carbocycles. The van der Waals surface area contributed by atoms with Crippen molar-refractivity contribution in [1.29, 1.82) is 0 Å². The average Bonchev–Trinajstić information content (AvgIpc) is 3.24. The minimum Gasteiger partial charge on any atom is -0.422 e. The molecule has 2 aliphatic carbocycles. The molecule has 40 heavy (non-hydrogen) atoms. The number of fused-ring (bicyclic) bond motifs is 1. The maximum absolute atomic E-state index is 13.4. The molecule has 0 saturated heterocycles. The molecule has 218 valence electrons. The van der Waals surface area contributed by atoms with Gasteiger partial charge in [0, 0.05) is 16.6 Å². The second-order valence-corrected chi connectivity index (χ2v) is 12.2. The van der Waals surface area contributed by atoms with Gasteiger partial charge in [0.05, 0.1) is 5.56 Å². The third kappa shape index (κ3) is 7.06. The first kappa shape index (κ1) is 30.5. The van der Waals surface area contributed by atoms with Crippen molar-refractivity contribution in [2.24, 2.45) is 0 Å². The Labute approximate surface area is 243 Å². The molecule has 4 heteroatoms. The van der Waals surface area contributed by atoms with E-state index in [4.69, 9.17) is 4.74 Å². The van der Waals surface area contributed by atoms with Gasteiger partial charge < -0.3 is 4.74 Å². The Bertz CT molecular complexity index is 1070. The molecule has 0 radical (unpaired) electrons. The standard InChI is InChI=1S/C36H52N2O2/c1-5-9-15-29-19-25-34(26-20-29,23-11-7-3)37-36(32-18-14-13-17-31(32)33(39)40-36)38-35(24-12-8-4)27-21-30(22-28-35)16-10-6-2/h13-14,17-22,25,27,37-38H,5-12,15-16,23-24,26,28H2,1-4H3. The van der Waals surface area contributed by atoms with Crippen LogP contribution >= 0.6 is 0 Å². The smallest absolute Gasteiger partial charge is 0.341 e. The summed E-state index contributed by atoms with van der Waals surface area (Å²) < 4.78 is 6.45. The Morgan fingerprint density at radius 3 is 1.68 bits per heavy atom. The molecule has 0 fully saturated rings. The van der Waals surface area contributed by atoms with Gasteiger partial charge in [0.15, 0.2) is 0 Å². The van der Waals surface area contributed by atoms with Crippen LogP contribution in [0.1, 0.15) is 134 Å². The van der Waals surface area contributed by atoms with Crippen LogP contribution < -0.4 is 10.6 Å². The van der Waals surface area contributed by atoms with Crippen molar-refractivity contribution < 1.29 is 9.53 Å². The van der Waals surface area contributed by atoms with Gasteiger partial charge in [-0.25, -0.2) is 4.79 Å². The Morgan fingerprint density at radius 1 is 0.725 bits per heavy atom. The zero-order chi connectivity index (χ0) is 28.5. The largest absolute Gasteiger partial charge is 0.422 e. The van der Waals surface area contributed by atoms with E-state index in [-0.39, 0.29) is 17.0 Å². The molecule has 1 heterocycles. The highest BCUT2D eigenvalue weighted by molar-refractivity contribution is 5.94. The minimum atomic E-state index is -1.10. The van der Waals surface area contributed by atoms with E-state index in [1.807, 2.05) is 18.2 Å². The van der Waals surface area contributed by atoms with Gasteiger partial charge in [0.1, 0.15) is 0 Å². The molecule has 1 aliphatic heterocycles. The van der Waals surface area contributed by atoms with Gasteiger partial charge in [-0.15, -0.1) is 0 Å². The minimum absolute atomic E-state index is 0.259. The lowest BCUT2D eigenvalue weighted by molar-refractivity contribution is -0.0814. The van der Waals surface area contributed by atoms with E-state index in [1.165, 1.54) is 36.8 Å². The van der Waals surface area contributed by atoms with E-state index in [0.29, 0.717) is 5.56 Å². The molecular weight excluding hydrogens is 492 g/mol. The number of unbranched alkanes of at least 4 members (excludes halogenated alkanes) is 4. The number of hydrogen-bond donors (Lipinski definition) is 2. The van der Waals surface area contributed by atoms with Gasteiger partial charge in [-0.05, 0) is 57.4 Å². The highest BCUT2D eigenvalue weighted by atomic mass is 16.6. The van der Waals surface area contributed by atoms with E-state index in [1.54, 1.807) is 0 Å². The first-order valence-electron chi connectivity index (χ1n) is 16.1. The van der Waals surface area contributed by atoms with E-state index in [2.05, 4.69) is 80.9 Å². The van der Waals surface area contributed by atoms with E-state index < -0.39 is 5.85 Å². The third-order valence-corrected chi connectivity index (χ3v) is 8.90. The molecule has 2 atom stereocenters. The summed E-state index contributed by atoms with van der Waals surface area (Å²) in [7, 11) is 0. The van der Waals surface area contributed by atoms with E-state index in [0.717, 1.165) is 69.8 Å². The topological polar surface area (TPSA) is 50.4 Å². The summed E-state index contributed by atoms with van der Waals surface area (Å²) >= 11 is 0. The Balaban J connectivity index is 1.72. The Kier molecular flexibility index (Phi) is 10.7. The van der Waals surface area contributed by atoms with Crippen LogP contribution in [0.5, 0.6) is 0 Å². The number of carbonyl (C=O) groups excluding carboxylic acids is 1. The van der Waals surface area contributed by atoms with Crippen molar-refractivity contribution in [2.75, 3.05) is 0 Å². The van der Waals surface area contributed by atoms with Gasteiger partial charge in [-0.1, -0.05) is 132 Å². The van der Waals surface area contributed by atoms with Crippen LogP contribution in [0, 0.1) is 0 Å². The molecule has 0 bridgehead atoms. The van der Waals surface area contributed by atoms with E-state index >= 15 is 0 Å². The Hall–Kier alpha value is -2.43. The predicted octanol–water partition coefficient (Wildman–Crippen LogP) is 9.16. The second-order valence-electron chi connectivity index (χ2n) is 12.2. The number of allylic oxidation sites excluding steroid dienone is 4. The molecule has 2 unspecified atom stereocenters. The van der Waals surface area contributed by atoms with Gasteiger partial charge >= 0.3 is 5.97 Å². The van der Waals surface area contributed by atoms with Gasteiger partial charge in [-0.3, -0.25) is 10.6 Å². The van der Waals surface area contributed by atoms with Crippen molar-refractivity contribution in [2.45, 2.75) is 135 Å². The number of hydrogen-bond acceptors (Lipinski definition) is 4. The number of nitrogens with one attached hydrogen (secondary N) is 2. The van der Waals surface area contributed by atoms with Crippen molar-refractivity contribution in [3.63, 3.8) is 0 Å².